The molecule has 3 nitrogen and oxygen atoms in total. The summed E-state index contributed by atoms with van der Waals surface area (Å²) in [6.45, 7) is 1.93. The molecule has 2 aromatic rings. The number of ether oxygens (including phenoxy) is 1. The number of benzene rings is 2. The van der Waals surface area contributed by atoms with Gasteiger partial charge in [-0.15, -0.1) is 0 Å². The van der Waals surface area contributed by atoms with E-state index in [0.29, 0.717) is 15.8 Å². The lowest BCUT2D eigenvalue weighted by atomic mass is 10.1. The van der Waals surface area contributed by atoms with E-state index in [0.717, 1.165) is 5.56 Å². The largest absolute Gasteiger partial charge is 0.484 e. The minimum atomic E-state index is -0.109. The molecule has 1 amide bonds. The van der Waals surface area contributed by atoms with E-state index in [2.05, 4.69) is 0 Å². The van der Waals surface area contributed by atoms with Crippen molar-refractivity contribution >= 4 is 29.1 Å². The van der Waals surface area contributed by atoms with Crippen LogP contribution >= 0.6 is 23.2 Å². The predicted molar refractivity (Wildman–Crippen MR) is 89.6 cm³/mol. The van der Waals surface area contributed by atoms with Crippen LogP contribution in [0.4, 0.5) is 0 Å². The van der Waals surface area contributed by atoms with Gasteiger partial charge in [0.1, 0.15) is 5.75 Å². The van der Waals surface area contributed by atoms with Crippen molar-refractivity contribution in [2.75, 3.05) is 13.7 Å². The number of halogens is 2. The molecule has 116 valence electrons. The van der Waals surface area contributed by atoms with Crippen molar-refractivity contribution in [2.45, 2.75) is 13.0 Å². The van der Waals surface area contributed by atoms with Crippen molar-refractivity contribution < 1.29 is 9.53 Å². The van der Waals surface area contributed by atoms with E-state index >= 15 is 0 Å². The number of amides is 1. The summed E-state index contributed by atoms with van der Waals surface area (Å²) >= 11 is 11.8. The van der Waals surface area contributed by atoms with Crippen molar-refractivity contribution in [1.82, 2.24) is 4.90 Å². The Balaban J connectivity index is 1.95. The molecule has 0 spiro atoms. The van der Waals surface area contributed by atoms with Gasteiger partial charge in [-0.05, 0) is 24.6 Å². The summed E-state index contributed by atoms with van der Waals surface area (Å²) in [5.74, 6) is 0.408. The molecule has 1 unspecified atom stereocenters. The van der Waals surface area contributed by atoms with E-state index in [1.54, 1.807) is 30.1 Å². The smallest absolute Gasteiger partial charge is 0.260 e. The van der Waals surface area contributed by atoms with Gasteiger partial charge in [-0.3, -0.25) is 4.79 Å². The van der Waals surface area contributed by atoms with Gasteiger partial charge in [0.15, 0.2) is 6.61 Å². The van der Waals surface area contributed by atoms with Crippen LogP contribution < -0.4 is 4.74 Å². The highest BCUT2D eigenvalue weighted by molar-refractivity contribution is 6.42. The van der Waals surface area contributed by atoms with Gasteiger partial charge in [0.2, 0.25) is 0 Å². The van der Waals surface area contributed by atoms with Gasteiger partial charge in [-0.25, -0.2) is 0 Å². The first-order chi connectivity index (χ1) is 10.5. The molecule has 0 aliphatic carbocycles. The van der Waals surface area contributed by atoms with Crippen molar-refractivity contribution in [1.29, 1.82) is 0 Å². The Hall–Kier alpha value is -1.71. The lowest BCUT2D eigenvalue weighted by Gasteiger charge is -2.25. The van der Waals surface area contributed by atoms with E-state index < -0.39 is 0 Å². The van der Waals surface area contributed by atoms with Gasteiger partial charge in [-0.2, -0.15) is 0 Å². The average molecular weight is 338 g/mol. The van der Waals surface area contributed by atoms with Crippen molar-refractivity contribution in [2.24, 2.45) is 0 Å². The number of likely N-dealkylation sites (N-methyl/N-ethyl adjacent to an activating group) is 1. The van der Waals surface area contributed by atoms with E-state index in [9.17, 15) is 4.79 Å². The van der Waals surface area contributed by atoms with Gasteiger partial charge < -0.3 is 9.64 Å². The van der Waals surface area contributed by atoms with Crippen molar-refractivity contribution in [3.05, 3.63) is 64.1 Å². The topological polar surface area (TPSA) is 29.5 Å². The van der Waals surface area contributed by atoms with E-state index in [1.807, 2.05) is 37.3 Å². The average Bonchev–Trinajstić information content (AvgIpc) is 2.55. The summed E-state index contributed by atoms with van der Waals surface area (Å²) in [4.78, 5) is 13.9. The van der Waals surface area contributed by atoms with Gasteiger partial charge in [0, 0.05) is 13.1 Å². The highest BCUT2D eigenvalue weighted by Gasteiger charge is 2.17. The molecule has 0 aliphatic rings. The molecule has 0 heterocycles. The first kappa shape index (κ1) is 16.7. The lowest BCUT2D eigenvalue weighted by Crippen LogP contribution is -2.33. The van der Waals surface area contributed by atoms with Crippen LogP contribution in [0.25, 0.3) is 0 Å². The fraction of sp³-hybridized carbons (Fsp3) is 0.235. The Morgan fingerprint density at radius 1 is 1.14 bits per heavy atom. The maximum Gasteiger partial charge on any atom is 0.260 e. The van der Waals surface area contributed by atoms with Crippen molar-refractivity contribution in [3.63, 3.8) is 0 Å². The third kappa shape index (κ3) is 4.15. The summed E-state index contributed by atoms with van der Waals surface area (Å²) in [6, 6.07) is 14.7. The van der Waals surface area contributed by atoms with Crippen LogP contribution in [-0.2, 0) is 4.79 Å². The second-order valence-electron chi connectivity index (χ2n) is 4.96. The molecule has 0 radical (unpaired) electrons. The van der Waals surface area contributed by atoms with E-state index in [1.165, 1.54) is 0 Å². The first-order valence-corrected chi connectivity index (χ1v) is 7.63. The van der Waals surface area contributed by atoms with Gasteiger partial charge in [0.05, 0.1) is 16.1 Å². The summed E-state index contributed by atoms with van der Waals surface area (Å²) in [6.07, 6.45) is 0. The summed E-state index contributed by atoms with van der Waals surface area (Å²) in [5, 5.41) is 0.854. The standard InChI is InChI=1S/C17H17Cl2NO2/c1-12(13-6-4-3-5-7-13)20(2)17(21)11-22-14-8-9-15(18)16(19)10-14/h3-10,12H,11H2,1-2H3. The van der Waals surface area contributed by atoms with Crippen LogP contribution in [0.5, 0.6) is 5.75 Å². The van der Waals surface area contributed by atoms with Crippen LogP contribution in [-0.4, -0.2) is 24.5 Å². The lowest BCUT2D eigenvalue weighted by molar-refractivity contribution is -0.134. The Morgan fingerprint density at radius 3 is 2.45 bits per heavy atom. The molecular weight excluding hydrogens is 321 g/mol. The second kappa shape index (κ2) is 7.52. The van der Waals surface area contributed by atoms with E-state index in [-0.39, 0.29) is 18.6 Å². The van der Waals surface area contributed by atoms with Crippen LogP contribution in [0.1, 0.15) is 18.5 Å². The molecule has 0 saturated heterocycles. The third-order valence-corrected chi connectivity index (χ3v) is 4.25. The van der Waals surface area contributed by atoms with Gasteiger partial charge in [0.25, 0.3) is 5.91 Å². The first-order valence-electron chi connectivity index (χ1n) is 6.87. The molecule has 5 heteroatoms. The maximum atomic E-state index is 12.2. The summed E-state index contributed by atoms with van der Waals surface area (Å²) in [5.41, 5.74) is 1.08. The fourth-order valence-corrected chi connectivity index (χ4v) is 2.27. The Labute approximate surface area is 140 Å². The van der Waals surface area contributed by atoms with Crippen LogP contribution in [0, 0.1) is 0 Å². The SMILES string of the molecule is CC(c1ccccc1)N(C)C(=O)COc1ccc(Cl)c(Cl)c1. The second-order valence-corrected chi connectivity index (χ2v) is 5.77. The fourth-order valence-electron chi connectivity index (χ4n) is 1.98. The molecule has 2 aromatic carbocycles. The number of nitrogens with zero attached hydrogens (tertiary/aromatic N) is 1. The normalized spacial score (nSPS) is 11.8. The highest BCUT2D eigenvalue weighted by atomic mass is 35.5. The minimum Gasteiger partial charge on any atom is -0.484 e. The molecule has 22 heavy (non-hydrogen) atoms. The molecule has 0 N–H and O–H groups in total. The van der Waals surface area contributed by atoms with Crippen LogP contribution in [0.15, 0.2) is 48.5 Å². The zero-order valence-electron chi connectivity index (χ0n) is 12.4. The van der Waals surface area contributed by atoms with Crippen molar-refractivity contribution in [3.8, 4) is 5.75 Å². The minimum absolute atomic E-state index is 0.0221. The number of carbonyl (C=O) groups is 1. The molecule has 0 aromatic heterocycles. The van der Waals surface area contributed by atoms with Crippen LogP contribution in [0.2, 0.25) is 10.0 Å². The molecule has 0 aliphatic heterocycles. The highest BCUT2D eigenvalue weighted by Crippen LogP contribution is 2.26. The quantitative estimate of drug-likeness (QED) is 0.798. The zero-order valence-corrected chi connectivity index (χ0v) is 13.9. The van der Waals surface area contributed by atoms with E-state index in [4.69, 9.17) is 27.9 Å². The molecule has 1 atom stereocenters. The zero-order chi connectivity index (χ0) is 16.1. The Kier molecular flexibility index (Phi) is 5.69. The predicted octanol–water partition coefficient (Wildman–Crippen LogP) is 4.59. The molecule has 0 bridgehead atoms. The van der Waals surface area contributed by atoms with Gasteiger partial charge in [-0.1, -0.05) is 53.5 Å². The maximum absolute atomic E-state index is 12.2. The molecule has 2 rings (SSSR count). The van der Waals surface area contributed by atoms with Gasteiger partial charge >= 0.3 is 0 Å². The number of hydrogen-bond acceptors (Lipinski definition) is 2. The number of carbonyl (C=O) groups excluding carboxylic acids is 1. The Morgan fingerprint density at radius 2 is 1.82 bits per heavy atom. The number of rotatable bonds is 5. The Bertz CT molecular complexity index is 646. The molecular formula is C17H17Cl2NO2. The van der Waals surface area contributed by atoms with Crippen LogP contribution in [0.3, 0.4) is 0 Å². The third-order valence-electron chi connectivity index (χ3n) is 3.51. The monoisotopic (exact) mass is 337 g/mol. The summed E-state index contributed by atoms with van der Waals surface area (Å²) < 4.78 is 5.48. The summed E-state index contributed by atoms with van der Waals surface area (Å²) in [7, 11) is 1.76. The molecule has 0 fully saturated rings. The number of hydrogen-bond donors (Lipinski definition) is 0. The molecule has 0 saturated carbocycles.